The van der Waals surface area contributed by atoms with Crippen molar-refractivity contribution in [3.63, 3.8) is 0 Å². The molecule has 0 aliphatic carbocycles. The summed E-state index contributed by atoms with van der Waals surface area (Å²) < 4.78 is 5.51. The molecule has 0 unspecified atom stereocenters. The van der Waals surface area contributed by atoms with Crippen LogP contribution in [0.25, 0.3) is 11.0 Å². The Morgan fingerprint density at radius 1 is 0.917 bits per heavy atom. The van der Waals surface area contributed by atoms with Gasteiger partial charge in [-0.1, -0.05) is 12.1 Å². The standard InChI is InChI=1S/C28H31N5O3/c1-3-33(4-2)24-12-11-21-17-25(28(35)36-26(21)18-24)27(34)31-15-16-32(19-22-9-5-7-13-29-22)20-23-10-6-8-14-30-23/h5-14,17-18H,3-4,15-16,19-20H2,1-2H3,(H,31,34). The molecule has 36 heavy (non-hydrogen) atoms. The number of benzene rings is 1. The molecule has 0 atom stereocenters. The average Bonchev–Trinajstić information content (AvgIpc) is 2.90. The molecule has 1 N–H and O–H groups in total. The summed E-state index contributed by atoms with van der Waals surface area (Å²) in [5.41, 5.74) is 2.67. The fourth-order valence-corrected chi connectivity index (χ4v) is 4.12. The van der Waals surface area contributed by atoms with Gasteiger partial charge in [0.2, 0.25) is 0 Å². The smallest absolute Gasteiger partial charge is 0.349 e. The number of rotatable bonds is 11. The fraction of sp³-hybridized carbons (Fsp3) is 0.286. The maximum atomic E-state index is 12.9. The Morgan fingerprint density at radius 2 is 1.58 bits per heavy atom. The summed E-state index contributed by atoms with van der Waals surface area (Å²) in [6.45, 7) is 7.99. The quantitative estimate of drug-likeness (QED) is 0.323. The van der Waals surface area contributed by atoms with E-state index in [1.54, 1.807) is 18.5 Å². The van der Waals surface area contributed by atoms with E-state index in [1.807, 2.05) is 54.6 Å². The number of hydrogen-bond acceptors (Lipinski definition) is 7. The van der Waals surface area contributed by atoms with Gasteiger partial charge in [0.1, 0.15) is 11.1 Å². The van der Waals surface area contributed by atoms with Crippen LogP contribution in [-0.4, -0.2) is 47.0 Å². The molecule has 0 saturated carbocycles. The van der Waals surface area contributed by atoms with E-state index in [1.165, 1.54) is 0 Å². The van der Waals surface area contributed by atoms with Crippen molar-refractivity contribution in [2.75, 3.05) is 31.1 Å². The second kappa shape index (κ2) is 12.1. The Labute approximate surface area is 210 Å². The van der Waals surface area contributed by atoms with Crippen LogP contribution in [-0.2, 0) is 13.1 Å². The lowest BCUT2D eigenvalue weighted by atomic mass is 10.1. The van der Waals surface area contributed by atoms with Gasteiger partial charge in [-0.05, 0) is 56.3 Å². The number of nitrogens with zero attached hydrogens (tertiary/aromatic N) is 4. The minimum absolute atomic E-state index is 0.000841. The molecule has 4 rings (SSSR count). The van der Waals surface area contributed by atoms with E-state index in [-0.39, 0.29) is 5.56 Å². The number of hydrogen-bond donors (Lipinski definition) is 1. The van der Waals surface area contributed by atoms with E-state index in [2.05, 4.69) is 38.9 Å². The molecule has 0 saturated heterocycles. The van der Waals surface area contributed by atoms with Crippen LogP contribution in [0.4, 0.5) is 5.69 Å². The third-order valence-electron chi connectivity index (χ3n) is 6.03. The lowest BCUT2D eigenvalue weighted by Gasteiger charge is -2.22. The van der Waals surface area contributed by atoms with Crippen molar-refractivity contribution in [2.45, 2.75) is 26.9 Å². The molecule has 186 valence electrons. The van der Waals surface area contributed by atoms with Crippen LogP contribution in [0.1, 0.15) is 35.6 Å². The second-order valence-electron chi connectivity index (χ2n) is 8.45. The average molecular weight is 486 g/mol. The van der Waals surface area contributed by atoms with Crippen LogP contribution < -0.4 is 15.8 Å². The Hall–Kier alpha value is -4.04. The Bertz CT molecular complexity index is 1300. The van der Waals surface area contributed by atoms with Crippen molar-refractivity contribution in [3.8, 4) is 0 Å². The molecule has 0 aliphatic rings. The van der Waals surface area contributed by atoms with Crippen LogP contribution >= 0.6 is 0 Å². The zero-order chi connectivity index (χ0) is 25.3. The van der Waals surface area contributed by atoms with Gasteiger partial charge in [0.25, 0.3) is 5.91 Å². The highest BCUT2D eigenvalue weighted by molar-refractivity contribution is 5.97. The summed E-state index contributed by atoms with van der Waals surface area (Å²) in [6.07, 6.45) is 3.53. The molecule has 0 aliphatic heterocycles. The summed E-state index contributed by atoms with van der Waals surface area (Å²) in [4.78, 5) is 38.6. The van der Waals surface area contributed by atoms with Gasteiger partial charge in [-0.2, -0.15) is 0 Å². The Balaban J connectivity index is 1.43. The van der Waals surface area contributed by atoms with E-state index >= 15 is 0 Å². The molecule has 8 heteroatoms. The SMILES string of the molecule is CCN(CC)c1ccc2cc(C(=O)NCCN(Cc3ccccn3)Cc3ccccn3)c(=O)oc2c1. The number of pyridine rings is 2. The highest BCUT2D eigenvalue weighted by atomic mass is 16.4. The van der Waals surface area contributed by atoms with E-state index < -0.39 is 11.5 Å². The van der Waals surface area contributed by atoms with Gasteiger partial charge in [-0.3, -0.25) is 19.7 Å². The van der Waals surface area contributed by atoms with Gasteiger partial charge in [0, 0.05) is 68.8 Å². The molecule has 3 heterocycles. The Morgan fingerprint density at radius 3 is 2.17 bits per heavy atom. The van der Waals surface area contributed by atoms with Crippen molar-refractivity contribution in [1.29, 1.82) is 0 Å². The number of amides is 1. The van der Waals surface area contributed by atoms with Crippen LogP contribution in [0, 0.1) is 0 Å². The van der Waals surface area contributed by atoms with Crippen molar-refractivity contribution in [1.82, 2.24) is 20.2 Å². The van der Waals surface area contributed by atoms with Gasteiger partial charge in [0.15, 0.2) is 0 Å². The highest BCUT2D eigenvalue weighted by Gasteiger charge is 2.16. The molecule has 4 aromatic rings. The normalized spacial score (nSPS) is 11.1. The van der Waals surface area contributed by atoms with E-state index in [4.69, 9.17) is 4.42 Å². The molecule has 1 amide bonds. The predicted molar refractivity (Wildman–Crippen MR) is 141 cm³/mol. The third-order valence-corrected chi connectivity index (χ3v) is 6.03. The topological polar surface area (TPSA) is 91.6 Å². The minimum atomic E-state index is -0.643. The van der Waals surface area contributed by atoms with Crippen molar-refractivity contribution >= 4 is 22.6 Å². The van der Waals surface area contributed by atoms with Crippen molar-refractivity contribution < 1.29 is 9.21 Å². The molecule has 0 fully saturated rings. The zero-order valence-electron chi connectivity index (χ0n) is 20.7. The summed E-state index contributed by atoms with van der Waals surface area (Å²) in [6, 6.07) is 18.9. The first-order valence-corrected chi connectivity index (χ1v) is 12.2. The maximum Gasteiger partial charge on any atom is 0.349 e. The van der Waals surface area contributed by atoms with Crippen LogP contribution in [0.3, 0.4) is 0 Å². The zero-order valence-corrected chi connectivity index (χ0v) is 20.7. The first kappa shape index (κ1) is 25.1. The summed E-state index contributed by atoms with van der Waals surface area (Å²) >= 11 is 0. The van der Waals surface area contributed by atoms with Crippen LogP contribution in [0.5, 0.6) is 0 Å². The first-order valence-electron chi connectivity index (χ1n) is 12.2. The lowest BCUT2D eigenvalue weighted by molar-refractivity contribution is 0.0943. The molecule has 0 bridgehead atoms. The first-order chi connectivity index (χ1) is 17.6. The minimum Gasteiger partial charge on any atom is -0.422 e. The molecular weight excluding hydrogens is 454 g/mol. The molecular formula is C28H31N5O3. The Kier molecular flexibility index (Phi) is 8.41. The molecule has 0 spiro atoms. The van der Waals surface area contributed by atoms with Crippen molar-refractivity contribution in [2.24, 2.45) is 0 Å². The van der Waals surface area contributed by atoms with Crippen LogP contribution in [0.2, 0.25) is 0 Å². The number of fused-ring (bicyclic) bond motifs is 1. The number of nitrogens with one attached hydrogen (secondary N) is 1. The summed E-state index contributed by atoms with van der Waals surface area (Å²) in [5, 5.41) is 3.58. The van der Waals surface area contributed by atoms with Gasteiger partial charge in [0.05, 0.1) is 11.4 Å². The molecule has 1 aromatic carbocycles. The van der Waals surface area contributed by atoms with E-state index in [0.717, 1.165) is 30.2 Å². The number of aromatic nitrogens is 2. The predicted octanol–water partition coefficient (Wildman–Crippen LogP) is 3.86. The fourth-order valence-electron chi connectivity index (χ4n) is 4.12. The van der Waals surface area contributed by atoms with Crippen LogP contribution in [0.15, 0.2) is 82.3 Å². The molecule has 0 radical (unpaired) electrons. The molecule has 8 nitrogen and oxygen atoms in total. The summed E-state index contributed by atoms with van der Waals surface area (Å²) in [7, 11) is 0. The van der Waals surface area contributed by atoms with E-state index in [9.17, 15) is 9.59 Å². The van der Waals surface area contributed by atoms with Gasteiger partial charge in [-0.25, -0.2) is 4.79 Å². The largest absolute Gasteiger partial charge is 0.422 e. The van der Waals surface area contributed by atoms with Gasteiger partial charge >= 0.3 is 5.63 Å². The van der Waals surface area contributed by atoms with Gasteiger partial charge in [-0.15, -0.1) is 0 Å². The number of carbonyl (C=O) groups excluding carboxylic acids is 1. The number of anilines is 1. The second-order valence-corrected chi connectivity index (χ2v) is 8.45. The van der Waals surface area contributed by atoms with Gasteiger partial charge < -0.3 is 14.6 Å². The molecule has 3 aromatic heterocycles. The monoisotopic (exact) mass is 485 g/mol. The lowest BCUT2D eigenvalue weighted by Crippen LogP contribution is -2.36. The number of carbonyl (C=O) groups is 1. The summed E-state index contributed by atoms with van der Waals surface area (Å²) in [5.74, 6) is -0.450. The highest BCUT2D eigenvalue weighted by Crippen LogP contribution is 2.22. The van der Waals surface area contributed by atoms with Crippen molar-refractivity contribution in [3.05, 3.63) is 100 Å². The maximum absolute atomic E-state index is 12.9. The van der Waals surface area contributed by atoms with E-state index in [0.29, 0.717) is 37.1 Å². The third kappa shape index (κ3) is 6.34.